The minimum atomic E-state index is -0.0436. The van der Waals surface area contributed by atoms with E-state index in [2.05, 4.69) is 44.8 Å². The maximum Gasteiger partial charge on any atom is 0.222 e. The van der Waals surface area contributed by atoms with E-state index in [9.17, 15) is 4.79 Å². The third kappa shape index (κ3) is 6.34. The summed E-state index contributed by atoms with van der Waals surface area (Å²) in [6.07, 6.45) is 3.94. The number of aromatic nitrogens is 1. The van der Waals surface area contributed by atoms with Gasteiger partial charge >= 0.3 is 0 Å². The van der Waals surface area contributed by atoms with E-state index in [0.717, 1.165) is 30.9 Å². The van der Waals surface area contributed by atoms with Crippen molar-refractivity contribution in [1.82, 2.24) is 15.2 Å². The zero-order chi connectivity index (χ0) is 18.9. The summed E-state index contributed by atoms with van der Waals surface area (Å²) in [5.74, 6) is 0.0369. The Kier molecular flexibility index (Phi) is 7.19. The third-order valence-electron chi connectivity index (χ3n) is 4.67. The van der Waals surface area contributed by atoms with Gasteiger partial charge in [0.2, 0.25) is 5.91 Å². The van der Waals surface area contributed by atoms with E-state index in [1.54, 1.807) is 6.20 Å². The Morgan fingerprint density at radius 2 is 2.11 bits per heavy atom. The van der Waals surface area contributed by atoms with Crippen LogP contribution < -0.4 is 10.6 Å². The molecule has 1 amide bonds. The van der Waals surface area contributed by atoms with Crippen molar-refractivity contribution < 1.29 is 9.53 Å². The van der Waals surface area contributed by atoms with Gasteiger partial charge in [-0.25, -0.2) is 0 Å². The van der Waals surface area contributed by atoms with Crippen LogP contribution in [-0.4, -0.2) is 54.7 Å². The molecular weight excluding hydrogens is 340 g/mol. The Morgan fingerprint density at radius 3 is 2.93 bits per heavy atom. The van der Waals surface area contributed by atoms with Gasteiger partial charge < -0.3 is 15.4 Å². The smallest absolute Gasteiger partial charge is 0.222 e. The molecule has 0 saturated carbocycles. The number of benzene rings is 1. The van der Waals surface area contributed by atoms with Gasteiger partial charge in [0.15, 0.2) is 0 Å². The molecule has 144 valence electrons. The van der Waals surface area contributed by atoms with E-state index in [-0.39, 0.29) is 12.0 Å². The highest BCUT2D eigenvalue weighted by atomic mass is 16.5. The molecule has 6 heteroatoms. The first kappa shape index (κ1) is 19.3. The average Bonchev–Trinajstić information content (AvgIpc) is 2.68. The second kappa shape index (κ2) is 10.0. The Morgan fingerprint density at radius 1 is 1.26 bits per heavy atom. The van der Waals surface area contributed by atoms with Crippen molar-refractivity contribution in [2.75, 3.05) is 38.1 Å². The van der Waals surface area contributed by atoms with Gasteiger partial charge in [-0.1, -0.05) is 30.3 Å². The quantitative estimate of drug-likeness (QED) is 0.700. The molecule has 2 heterocycles. The lowest BCUT2D eigenvalue weighted by atomic mass is 10.1. The number of morpholine rings is 1. The van der Waals surface area contributed by atoms with Crippen molar-refractivity contribution in [3.05, 3.63) is 59.9 Å². The number of carbonyl (C=O) groups excluding carboxylic acids is 1. The zero-order valence-corrected chi connectivity index (χ0v) is 15.9. The Labute approximate surface area is 160 Å². The first-order valence-electron chi connectivity index (χ1n) is 9.50. The summed E-state index contributed by atoms with van der Waals surface area (Å²) in [4.78, 5) is 18.6. The van der Waals surface area contributed by atoms with Crippen molar-refractivity contribution in [1.29, 1.82) is 0 Å². The number of hydrogen-bond donors (Lipinski definition) is 2. The highest BCUT2D eigenvalue weighted by Crippen LogP contribution is 2.13. The van der Waals surface area contributed by atoms with Crippen molar-refractivity contribution in [2.45, 2.75) is 26.0 Å². The zero-order valence-electron chi connectivity index (χ0n) is 15.9. The van der Waals surface area contributed by atoms with Crippen LogP contribution in [0.3, 0.4) is 0 Å². The molecule has 0 unspecified atom stereocenters. The fourth-order valence-corrected chi connectivity index (χ4v) is 3.24. The van der Waals surface area contributed by atoms with Crippen LogP contribution in [0.5, 0.6) is 0 Å². The van der Waals surface area contributed by atoms with Gasteiger partial charge in [0.05, 0.1) is 19.1 Å². The molecule has 1 aliphatic rings. The van der Waals surface area contributed by atoms with E-state index >= 15 is 0 Å². The van der Waals surface area contributed by atoms with Crippen molar-refractivity contribution in [3.8, 4) is 0 Å². The van der Waals surface area contributed by atoms with Crippen LogP contribution in [0.2, 0.25) is 0 Å². The van der Waals surface area contributed by atoms with Crippen LogP contribution in [0.25, 0.3) is 0 Å². The number of rotatable bonds is 8. The predicted molar refractivity (Wildman–Crippen MR) is 107 cm³/mol. The topological polar surface area (TPSA) is 66.5 Å². The largest absolute Gasteiger partial charge is 0.383 e. The number of pyridine rings is 1. The van der Waals surface area contributed by atoms with Gasteiger partial charge in [-0.3, -0.25) is 14.7 Å². The van der Waals surface area contributed by atoms with Crippen LogP contribution in [0.15, 0.2) is 48.8 Å². The molecule has 27 heavy (non-hydrogen) atoms. The van der Waals surface area contributed by atoms with Gasteiger partial charge in [0.1, 0.15) is 0 Å². The number of ether oxygens (including phenoxy) is 1. The summed E-state index contributed by atoms with van der Waals surface area (Å²) in [6, 6.07) is 12.4. The summed E-state index contributed by atoms with van der Waals surface area (Å²) in [6.45, 7) is 6.54. The lowest BCUT2D eigenvalue weighted by Gasteiger charge is -2.32. The second-order valence-electron chi connectivity index (χ2n) is 6.88. The lowest BCUT2D eigenvalue weighted by molar-refractivity contribution is -0.126. The molecule has 0 spiro atoms. The fourth-order valence-electron chi connectivity index (χ4n) is 3.24. The maximum atomic E-state index is 12.2. The molecule has 1 atom stereocenters. The van der Waals surface area contributed by atoms with Crippen LogP contribution in [0.1, 0.15) is 17.5 Å². The van der Waals surface area contributed by atoms with Crippen molar-refractivity contribution in [2.24, 2.45) is 0 Å². The van der Waals surface area contributed by atoms with E-state index in [4.69, 9.17) is 4.74 Å². The van der Waals surface area contributed by atoms with Crippen LogP contribution in [-0.2, 0) is 16.1 Å². The van der Waals surface area contributed by atoms with Gasteiger partial charge in [-0.2, -0.15) is 0 Å². The molecule has 1 fully saturated rings. The van der Waals surface area contributed by atoms with Gasteiger partial charge in [0, 0.05) is 50.8 Å². The lowest BCUT2D eigenvalue weighted by Crippen LogP contribution is -2.44. The average molecular weight is 368 g/mol. The molecule has 1 aliphatic heterocycles. The normalized spacial score (nSPS) is 17.4. The van der Waals surface area contributed by atoms with Crippen LogP contribution >= 0.6 is 0 Å². The number of amides is 1. The molecule has 0 radical (unpaired) electrons. The standard InChI is InChI=1S/C21H28N4O2/c1-17-14-22-8-7-20(17)23-9-10-24-21(26)13-19-16-25(11-12-27-19)15-18-5-3-2-4-6-18/h2-8,14,19H,9-13,15-16H2,1H3,(H,22,23)(H,24,26)/t19-/m0/s1. The van der Waals surface area contributed by atoms with Crippen molar-refractivity contribution in [3.63, 3.8) is 0 Å². The fraction of sp³-hybridized carbons (Fsp3) is 0.429. The summed E-state index contributed by atoms with van der Waals surface area (Å²) in [7, 11) is 0. The first-order valence-corrected chi connectivity index (χ1v) is 9.50. The number of nitrogens with one attached hydrogen (secondary N) is 2. The Balaban J connectivity index is 1.35. The number of anilines is 1. The first-order chi connectivity index (χ1) is 13.2. The highest BCUT2D eigenvalue weighted by Gasteiger charge is 2.22. The molecule has 0 bridgehead atoms. The summed E-state index contributed by atoms with van der Waals surface area (Å²) in [5, 5.41) is 6.28. The molecule has 3 rings (SSSR count). The number of aryl methyl sites for hydroxylation is 1. The maximum absolute atomic E-state index is 12.2. The molecule has 1 aromatic carbocycles. The number of carbonyl (C=O) groups is 1. The van der Waals surface area contributed by atoms with E-state index < -0.39 is 0 Å². The van der Waals surface area contributed by atoms with E-state index in [1.165, 1.54) is 5.56 Å². The second-order valence-corrected chi connectivity index (χ2v) is 6.88. The molecular formula is C21H28N4O2. The number of nitrogens with zero attached hydrogens (tertiary/aromatic N) is 2. The van der Waals surface area contributed by atoms with Crippen LogP contribution in [0, 0.1) is 6.92 Å². The SMILES string of the molecule is Cc1cnccc1NCCNC(=O)C[C@H]1CN(Cc2ccccc2)CCO1. The number of hydrogen-bond acceptors (Lipinski definition) is 5. The Bertz CT molecular complexity index is 723. The molecule has 1 saturated heterocycles. The van der Waals surface area contributed by atoms with E-state index in [0.29, 0.717) is 26.1 Å². The van der Waals surface area contributed by atoms with Gasteiger partial charge in [-0.05, 0) is 24.1 Å². The molecule has 2 N–H and O–H groups in total. The van der Waals surface area contributed by atoms with Gasteiger partial charge in [0.25, 0.3) is 0 Å². The highest BCUT2D eigenvalue weighted by molar-refractivity contribution is 5.76. The van der Waals surface area contributed by atoms with Gasteiger partial charge in [-0.15, -0.1) is 0 Å². The summed E-state index contributed by atoms with van der Waals surface area (Å²) in [5.41, 5.74) is 3.43. The van der Waals surface area contributed by atoms with Crippen LogP contribution in [0.4, 0.5) is 5.69 Å². The molecule has 0 aliphatic carbocycles. The minimum absolute atomic E-state index is 0.0369. The molecule has 1 aromatic heterocycles. The third-order valence-corrected chi connectivity index (χ3v) is 4.67. The monoisotopic (exact) mass is 368 g/mol. The summed E-state index contributed by atoms with van der Waals surface area (Å²) >= 11 is 0. The molecule has 2 aromatic rings. The summed E-state index contributed by atoms with van der Waals surface area (Å²) < 4.78 is 5.78. The predicted octanol–water partition coefficient (Wildman–Crippen LogP) is 2.21. The van der Waals surface area contributed by atoms with Crippen molar-refractivity contribution >= 4 is 11.6 Å². The molecule has 6 nitrogen and oxygen atoms in total. The minimum Gasteiger partial charge on any atom is -0.383 e. The Hall–Kier alpha value is -2.44. The van der Waals surface area contributed by atoms with E-state index in [1.807, 2.05) is 25.3 Å².